The van der Waals surface area contributed by atoms with Gasteiger partial charge >= 0.3 is 0 Å². The van der Waals surface area contributed by atoms with Gasteiger partial charge in [0.15, 0.2) is 5.82 Å². The summed E-state index contributed by atoms with van der Waals surface area (Å²) in [4.78, 5) is 28.8. The van der Waals surface area contributed by atoms with Crippen LogP contribution in [-0.4, -0.2) is 28.0 Å². The standard InChI is InChI=1S/C22H19FN4O3/c1-13-10-20(27-30-13)26-22(29)19(25-21(28)14-6-8-16(23)9-7-14)11-15-12-24-18-5-3-2-4-17(15)18/h2-10,12,19,24H,11H2,1H3,(H,25,28)(H,26,27,29)/t19-/m0/s1. The van der Waals surface area contributed by atoms with Crippen LogP contribution < -0.4 is 10.6 Å². The van der Waals surface area contributed by atoms with Crippen LogP contribution in [0.4, 0.5) is 10.2 Å². The van der Waals surface area contributed by atoms with Crippen LogP contribution in [0.2, 0.25) is 0 Å². The Hall–Kier alpha value is -3.94. The average Bonchev–Trinajstić information content (AvgIpc) is 3.34. The van der Waals surface area contributed by atoms with Gasteiger partial charge in [-0.25, -0.2) is 4.39 Å². The lowest BCUT2D eigenvalue weighted by molar-refractivity contribution is -0.118. The van der Waals surface area contributed by atoms with Crippen LogP contribution in [0.5, 0.6) is 0 Å². The van der Waals surface area contributed by atoms with E-state index in [0.29, 0.717) is 5.76 Å². The molecule has 3 N–H and O–H groups in total. The molecule has 0 aliphatic rings. The summed E-state index contributed by atoms with van der Waals surface area (Å²) in [5, 5.41) is 10.1. The number of fused-ring (bicyclic) bond motifs is 1. The molecular weight excluding hydrogens is 387 g/mol. The fraction of sp³-hybridized carbons (Fsp3) is 0.136. The monoisotopic (exact) mass is 406 g/mol. The molecular formula is C22H19FN4O3. The maximum absolute atomic E-state index is 13.2. The Kier molecular flexibility index (Phi) is 5.30. The normalized spacial score (nSPS) is 11.9. The minimum absolute atomic E-state index is 0.250. The molecule has 152 valence electrons. The van der Waals surface area contributed by atoms with Crippen molar-refractivity contribution in [3.8, 4) is 0 Å². The van der Waals surface area contributed by atoms with Crippen LogP contribution in [0.3, 0.4) is 0 Å². The van der Waals surface area contributed by atoms with Gasteiger partial charge in [0.1, 0.15) is 17.6 Å². The number of carbonyl (C=O) groups is 2. The number of nitrogens with zero attached hydrogens (tertiary/aromatic N) is 1. The van der Waals surface area contributed by atoms with E-state index in [0.717, 1.165) is 16.5 Å². The van der Waals surface area contributed by atoms with Crippen molar-refractivity contribution >= 4 is 28.5 Å². The van der Waals surface area contributed by atoms with Crippen molar-refractivity contribution in [2.24, 2.45) is 0 Å². The summed E-state index contributed by atoms with van der Waals surface area (Å²) < 4.78 is 18.1. The van der Waals surface area contributed by atoms with E-state index in [1.54, 1.807) is 13.0 Å². The smallest absolute Gasteiger partial charge is 0.251 e. The molecule has 2 aromatic heterocycles. The first-order valence-electron chi connectivity index (χ1n) is 9.35. The summed E-state index contributed by atoms with van der Waals surface area (Å²) in [6, 6.07) is 13.5. The Morgan fingerprint density at radius 3 is 2.67 bits per heavy atom. The first kappa shape index (κ1) is 19.4. The van der Waals surface area contributed by atoms with Gasteiger partial charge in [-0.3, -0.25) is 9.59 Å². The highest BCUT2D eigenvalue weighted by Crippen LogP contribution is 2.20. The number of anilines is 1. The molecule has 8 heteroatoms. The molecule has 4 aromatic rings. The second kappa shape index (κ2) is 8.20. The maximum Gasteiger partial charge on any atom is 0.251 e. The van der Waals surface area contributed by atoms with Crippen LogP contribution in [0.1, 0.15) is 21.7 Å². The molecule has 1 atom stereocenters. The van der Waals surface area contributed by atoms with Gasteiger partial charge in [0.05, 0.1) is 0 Å². The third-order valence-corrected chi connectivity index (χ3v) is 4.71. The molecule has 0 bridgehead atoms. The molecule has 7 nitrogen and oxygen atoms in total. The molecule has 0 saturated heterocycles. The number of carbonyl (C=O) groups excluding carboxylic acids is 2. The SMILES string of the molecule is Cc1cc(NC(=O)[C@H](Cc2c[nH]c3ccccc23)NC(=O)c2ccc(F)cc2)no1. The molecule has 0 radical (unpaired) electrons. The van der Waals surface area contributed by atoms with Crippen LogP contribution >= 0.6 is 0 Å². The van der Waals surface area contributed by atoms with E-state index in [9.17, 15) is 14.0 Å². The topological polar surface area (TPSA) is 100 Å². The summed E-state index contributed by atoms with van der Waals surface area (Å²) in [7, 11) is 0. The highest BCUT2D eigenvalue weighted by Gasteiger charge is 2.24. The van der Waals surface area contributed by atoms with Gasteiger partial charge in [0, 0.05) is 35.2 Å². The van der Waals surface area contributed by atoms with Gasteiger partial charge < -0.3 is 20.1 Å². The van der Waals surface area contributed by atoms with E-state index >= 15 is 0 Å². The quantitative estimate of drug-likeness (QED) is 0.456. The molecule has 2 aromatic carbocycles. The number of aryl methyl sites for hydroxylation is 1. The molecule has 0 aliphatic heterocycles. The zero-order valence-corrected chi connectivity index (χ0v) is 16.1. The van der Waals surface area contributed by atoms with Crippen molar-refractivity contribution in [2.75, 3.05) is 5.32 Å². The molecule has 4 rings (SSSR count). The lowest BCUT2D eigenvalue weighted by Crippen LogP contribution is -2.45. The number of nitrogens with one attached hydrogen (secondary N) is 3. The Bertz CT molecular complexity index is 1200. The molecule has 0 aliphatic carbocycles. The summed E-state index contributed by atoms with van der Waals surface area (Å²) in [6.45, 7) is 1.71. The number of halogens is 1. The van der Waals surface area contributed by atoms with Crippen molar-refractivity contribution in [3.05, 3.63) is 83.5 Å². The van der Waals surface area contributed by atoms with E-state index in [1.807, 2.05) is 30.5 Å². The van der Waals surface area contributed by atoms with Crippen molar-refractivity contribution < 1.29 is 18.5 Å². The van der Waals surface area contributed by atoms with Crippen LogP contribution in [-0.2, 0) is 11.2 Å². The summed E-state index contributed by atoms with van der Waals surface area (Å²) in [6.07, 6.45) is 2.06. The van der Waals surface area contributed by atoms with Crippen molar-refractivity contribution in [3.63, 3.8) is 0 Å². The van der Waals surface area contributed by atoms with Gasteiger partial charge in [0.25, 0.3) is 5.91 Å². The van der Waals surface area contributed by atoms with Gasteiger partial charge in [-0.05, 0) is 42.8 Å². The fourth-order valence-corrected chi connectivity index (χ4v) is 3.21. The van der Waals surface area contributed by atoms with Gasteiger partial charge in [-0.2, -0.15) is 0 Å². The molecule has 30 heavy (non-hydrogen) atoms. The number of aromatic amines is 1. The molecule has 2 heterocycles. The Morgan fingerprint density at radius 2 is 1.93 bits per heavy atom. The summed E-state index contributed by atoms with van der Waals surface area (Å²) in [5.74, 6) is -0.553. The summed E-state index contributed by atoms with van der Waals surface area (Å²) >= 11 is 0. The first-order chi connectivity index (χ1) is 14.5. The number of aromatic nitrogens is 2. The molecule has 2 amide bonds. The zero-order chi connectivity index (χ0) is 21.1. The number of para-hydroxylation sites is 1. The van der Waals surface area contributed by atoms with Crippen molar-refractivity contribution in [1.82, 2.24) is 15.5 Å². The third-order valence-electron chi connectivity index (χ3n) is 4.71. The van der Waals surface area contributed by atoms with Gasteiger partial charge in [-0.1, -0.05) is 23.4 Å². The zero-order valence-electron chi connectivity index (χ0n) is 16.1. The second-order valence-corrected chi connectivity index (χ2v) is 6.91. The number of hydrogen-bond donors (Lipinski definition) is 3. The number of rotatable bonds is 6. The van der Waals surface area contributed by atoms with E-state index in [-0.39, 0.29) is 17.8 Å². The predicted molar refractivity (Wildman–Crippen MR) is 110 cm³/mol. The van der Waals surface area contributed by atoms with Crippen LogP contribution in [0.25, 0.3) is 10.9 Å². The molecule has 0 fully saturated rings. The predicted octanol–water partition coefficient (Wildman–Crippen LogP) is 3.58. The van der Waals surface area contributed by atoms with Crippen LogP contribution in [0, 0.1) is 12.7 Å². The Balaban J connectivity index is 1.58. The van der Waals surface area contributed by atoms with Crippen molar-refractivity contribution in [2.45, 2.75) is 19.4 Å². The molecule has 0 unspecified atom stereocenters. The Labute approximate surface area is 171 Å². The number of amides is 2. The molecule has 0 saturated carbocycles. The fourth-order valence-electron chi connectivity index (χ4n) is 3.21. The third kappa shape index (κ3) is 4.22. The lowest BCUT2D eigenvalue weighted by Gasteiger charge is -2.18. The largest absolute Gasteiger partial charge is 0.361 e. The highest BCUT2D eigenvalue weighted by molar-refractivity contribution is 6.01. The second-order valence-electron chi connectivity index (χ2n) is 6.91. The van der Waals surface area contributed by atoms with E-state index in [1.165, 1.54) is 24.3 Å². The van der Waals surface area contributed by atoms with Gasteiger partial charge in [-0.15, -0.1) is 0 Å². The number of H-pyrrole nitrogens is 1. The van der Waals surface area contributed by atoms with E-state index < -0.39 is 23.7 Å². The summed E-state index contributed by atoms with van der Waals surface area (Å²) in [5.41, 5.74) is 2.07. The van der Waals surface area contributed by atoms with E-state index in [2.05, 4.69) is 20.8 Å². The lowest BCUT2D eigenvalue weighted by atomic mass is 10.0. The minimum atomic E-state index is -0.890. The number of benzene rings is 2. The minimum Gasteiger partial charge on any atom is -0.361 e. The van der Waals surface area contributed by atoms with E-state index in [4.69, 9.17) is 4.52 Å². The molecule has 0 spiro atoms. The highest BCUT2D eigenvalue weighted by atomic mass is 19.1. The van der Waals surface area contributed by atoms with Crippen molar-refractivity contribution in [1.29, 1.82) is 0 Å². The van der Waals surface area contributed by atoms with Gasteiger partial charge in [0.2, 0.25) is 5.91 Å². The number of hydrogen-bond acceptors (Lipinski definition) is 4. The van der Waals surface area contributed by atoms with Crippen LogP contribution in [0.15, 0.2) is 65.3 Å². The first-order valence-corrected chi connectivity index (χ1v) is 9.35. The Morgan fingerprint density at radius 1 is 1.17 bits per heavy atom. The average molecular weight is 406 g/mol. The maximum atomic E-state index is 13.2.